The third kappa shape index (κ3) is 6.38. The number of hydrogen-bond acceptors (Lipinski definition) is 4. The number of ketones is 1. The summed E-state index contributed by atoms with van der Waals surface area (Å²) in [5.41, 5.74) is 5.45. The summed E-state index contributed by atoms with van der Waals surface area (Å²) >= 11 is 0. The molecule has 0 aromatic heterocycles. The Morgan fingerprint density at radius 3 is 2.29 bits per heavy atom. The number of rotatable bonds is 8. The molecule has 0 radical (unpaired) electrons. The molecule has 1 atom stereocenters. The fraction of sp³-hybridized carbons (Fsp3) is 0.833. The summed E-state index contributed by atoms with van der Waals surface area (Å²) in [5, 5.41) is 2.77. The SMILES string of the molecule is CCN(CCN)CC(=O)NC(C(C)=O)C(C)C. The number of nitrogens with one attached hydrogen (secondary N) is 1. The third-order valence-corrected chi connectivity index (χ3v) is 2.68. The van der Waals surface area contributed by atoms with Crippen LogP contribution in [0.3, 0.4) is 0 Å². The Hall–Kier alpha value is -0.940. The first-order chi connectivity index (χ1) is 7.92. The van der Waals surface area contributed by atoms with Crippen LogP contribution >= 0.6 is 0 Å². The van der Waals surface area contributed by atoms with Crippen LogP contribution in [0.15, 0.2) is 0 Å². The van der Waals surface area contributed by atoms with E-state index in [2.05, 4.69) is 5.32 Å². The highest BCUT2D eigenvalue weighted by Crippen LogP contribution is 2.02. The molecule has 0 heterocycles. The van der Waals surface area contributed by atoms with Crippen LogP contribution in [0.5, 0.6) is 0 Å². The van der Waals surface area contributed by atoms with Gasteiger partial charge in [0, 0.05) is 13.1 Å². The molecule has 0 aromatic carbocycles. The second-order valence-corrected chi connectivity index (χ2v) is 4.56. The normalized spacial score (nSPS) is 12.9. The van der Waals surface area contributed by atoms with Crippen molar-refractivity contribution in [1.29, 1.82) is 0 Å². The quantitative estimate of drug-likeness (QED) is 0.629. The molecule has 5 heteroatoms. The molecule has 5 nitrogen and oxygen atoms in total. The number of carbonyl (C=O) groups excluding carboxylic acids is 2. The van der Waals surface area contributed by atoms with Crippen molar-refractivity contribution < 1.29 is 9.59 Å². The smallest absolute Gasteiger partial charge is 0.234 e. The van der Waals surface area contributed by atoms with Crippen molar-refractivity contribution in [2.24, 2.45) is 11.7 Å². The Morgan fingerprint density at radius 2 is 1.94 bits per heavy atom. The van der Waals surface area contributed by atoms with Crippen LogP contribution in [0.25, 0.3) is 0 Å². The molecule has 3 N–H and O–H groups in total. The van der Waals surface area contributed by atoms with E-state index in [1.165, 1.54) is 6.92 Å². The van der Waals surface area contributed by atoms with Crippen LogP contribution in [0.2, 0.25) is 0 Å². The van der Waals surface area contributed by atoms with Gasteiger partial charge in [0.2, 0.25) is 5.91 Å². The van der Waals surface area contributed by atoms with E-state index in [9.17, 15) is 9.59 Å². The summed E-state index contributed by atoms with van der Waals surface area (Å²) in [5.74, 6) is -0.00883. The number of carbonyl (C=O) groups is 2. The molecule has 0 aliphatic rings. The first-order valence-corrected chi connectivity index (χ1v) is 6.14. The Labute approximate surface area is 104 Å². The number of hydrogen-bond donors (Lipinski definition) is 2. The lowest BCUT2D eigenvalue weighted by Gasteiger charge is -2.23. The number of nitrogens with two attached hydrogens (primary N) is 1. The van der Waals surface area contributed by atoms with E-state index >= 15 is 0 Å². The van der Waals surface area contributed by atoms with Crippen molar-refractivity contribution in [3.8, 4) is 0 Å². The molecule has 0 aromatic rings. The summed E-state index contributed by atoms with van der Waals surface area (Å²) in [7, 11) is 0. The van der Waals surface area contributed by atoms with E-state index in [4.69, 9.17) is 5.73 Å². The lowest BCUT2D eigenvalue weighted by Crippen LogP contribution is -2.48. The van der Waals surface area contributed by atoms with Crippen LogP contribution in [-0.2, 0) is 9.59 Å². The maximum absolute atomic E-state index is 11.8. The zero-order chi connectivity index (χ0) is 13.4. The van der Waals surface area contributed by atoms with Crippen LogP contribution < -0.4 is 11.1 Å². The van der Waals surface area contributed by atoms with Crippen molar-refractivity contribution in [3.63, 3.8) is 0 Å². The first-order valence-electron chi connectivity index (χ1n) is 6.14. The minimum atomic E-state index is -0.390. The summed E-state index contributed by atoms with van der Waals surface area (Å²) in [6.07, 6.45) is 0. The number of likely N-dealkylation sites (N-methyl/N-ethyl adjacent to an activating group) is 1. The van der Waals surface area contributed by atoms with Gasteiger partial charge in [0.1, 0.15) is 0 Å². The van der Waals surface area contributed by atoms with Crippen molar-refractivity contribution >= 4 is 11.7 Å². The molecule has 0 aliphatic carbocycles. The molecule has 0 fully saturated rings. The van der Waals surface area contributed by atoms with E-state index in [0.29, 0.717) is 19.6 Å². The monoisotopic (exact) mass is 243 g/mol. The largest absolute Gasteiger partial charge is 0.345 e. The number of Topliss-reactive ketones (excluding diaryl/α,β-unsaturated/α-hetero) is 1. The molecule has 0 aliphatic heterocycles. The summed E-state index contributed by atoms with van der Waals surface area (Å²) in [4.78, 5) is 25.1. The molecule has 17 heavy (non-hydrogen) atoms. The second kappa shape index (κ2) is 8.20. The molecule has 0 saturated carbocycles. The minimum Gasteiger partial charge on any atom is -0.345 e. The molecular weight excluding hydrogens is 218 g/mol. The Kier molecular flexibility index (Phi) is 7.74. The number of amides is 1. The van der Waals surface area contributed by atoms with Gasteiger partial charge in [-0.3, -0.25) is 14.5 Å². The van der Waals surface area contributed by atoms with Crippen LogP contribution in [0.4, 0.5) is 0 Å². The highest BCUT2D eigenvalue weighted by atomic mass is 16.2. The van der Waals surface area contributed by atoms with Gasteiger partial charge in [-0.2, -0.15) is 0 Å². The predicted octanol–water partition coefficient (Wildman–Crippen LogP) is -0.00320. The van der Waals surface area contributed by atoms with E-state index in [-0.39, 0.29) is 23.7 Å². The van der Waals surface area contributed by atoms with E-state index in [0.717, 1.165) is 6.54 Å². The molecule has 1 unspecified atom stereocenters. The second-order valence-electron chi connectivity index (χ2n) is 4.56. The van der Waals surface area contributed by atoms with Crippen LogP contribution in [-0.4, -0.2) is 48.8 Å². The molecular formula is C12H25N3O2. The van der Waals surface area contributed by atoms with E-state index in [1.807, 2.05) is 25.7 Å². The van der Waals surface area contributed by atoms with Crippen LogP contribution in [0.1, 0.15) is 27.7 Å². The molecule has 0 rings (SSSR count). The molecule has 0 bridgehead atoms. The van der Waals surface area contributed by atoms with Gasteiger partial charge in [-0.1, -0.05) is 20.8 Å². The molecule has 0 saturated heterocycles. The van der Waals surface area contributed by atoms with Gasteiger partial charge < -0.3 is 11.1 Å². The first kappa shape index (κ1) is 16.1. The minimum absolute atomic E-state index is 0.00442. The van der Waals surface area contributed by atoms with Crippen LogP contribution in [0, 0.1) is 5.92 Å². The van der Waals surface area contributed by atoms with Gasteiger partial charge >= 0.3 is 0 Å². The summed E-state index contributed by atoms with van der Waals surface area (Å²) in [6, 6.07) is -0.390. The van der Waals surface area contributed by atoms with Gasteiger partial charge in [0.05, 0.1) is 12.6 Å². The fourth-order valence-corrected chi connectivity index (χ4v) is 1.69. The lowest BCUT2D eigenvalue weighted by molar-refractivity contribution is -0.128. The zero-order valence-electron chi connectivity index (χ0n) is 11.3. The Bertz CT molecular complexity index is 254. The molecule has 0 spiro atoms. The van der Waals surface area contributed by atoms with Gasteiger partial charge in [-0.05, 0) is 19.4 Å². The fourth-order valence-electron chi connectivity index (χ4n) is 1.69. The summed E-state index contributed by atoms with van der Waals surface area (Å²) in [6.45, 7) is 9.61. The maximum atomic E-state index is 11.8. The predicted molar refractivity (Wildman–Crippen MR) is 68.6 cm³/mol. The van der Waals surface area contributed by atoms with E-state index < -0.39 is 0 Å². The molecule has 100 valence electrons. The standard InChI is InChI=1S/C12H25N3O2/c1-5-15(7-6-13)8-11(17)14-12(9(2)3)10(4)16/h9,12H,5-8,13H2,1-4H3,(H,14,17). The maximum Gasteiger partial charge on any atom is 0.234 e. The summed E-state index contributed by atoms with van der Waals surface area (Å²) < 4.78 is 0. The Morgan fingerprint density at radius 1 is 1.35 bits per heavy atom. The molecule has 1 amide bonds. The van der Waals surface area contributed by atoms with Crippen molar-refractivity contribution in [2.75, 3.05) is 26.2 Å². The average Bonchev–Trinajstić information content (AvgIpc) is 2.24. The van der Waals surface area contributed by atoms with Crippen molar-refractivity contribution in [1.82, 2.24) is 10.2 Å². The lowest BCUT2D eigenvalue weighted by atomic mass is 10.0. The highest BCUT2D eigenvalue weighted by molar-refractivity contribution is 5.88. The van der Waals surface area contributed by atoms with Gasteiger partial charge in [-0.25, -0.2) is 0 Å². The van der Waals surface area contributed by atoms with Crippen molar-refractivity contribution in [3.05, 3.63) is 0 Å². The van der Waals surface area contributed by atoms with E-state index in [1.54, 1.807) is 0 Å². The van der Waals surface area contributed by atoms with Crippen molar-refractivity contribution in [2.45, 2.75) is 33.7 Å². The van der Waals surface area contributed by atoms with Gasteiger partial charge in [0.25, 0.3) is 0 Å². The topological polar surface area (TPSA) is 75.4 Å². The third-order valence-electron chi connectivity index (χ3n) is 2.68. The Balaban J connectivity index is 4.27. The van der Waals surface area contributed by atoms with Gasteiger partial charge in [-0.15, -0.1) is 0 Å². The number of nitrogens with zero attached hydrogens (tertiary/aromatic N) is 1. The highest BCUT2D eigenvalue weighted by Gasteiger charge is 2.21. The van der Waals surface area contributed by atoms with Gasteiger partial charge in [0.15, 0.2) is 5.78 Å². The zero-order valence-corrected chi connectivity index (χ0v) is 11.3. The average molecular weight is 243 g/mol.